The van der Waals surface area contributed by atoms with Gasteiger partial charge >= 0.3 is 51.4 Å². The van der Waals surface area contributed by atoms with Crippen molar-refractivity contribution < 1.29 is 65.7 Å². The number of Topliss-reactive ketones (excluding diaryl/α,β-unsaturated/α-hetero) is 1. The zero-order valence-corrected chi connectivity index (χ0v) is 32.9. The third-order valence-corrected chi connectivity index (χ3v) is 9.46. The van der Waals surface area contributed by atoms with Gasteiger partial charge in [0.05, 0.1) is 0 Å². The molecule has 0 amide bonds. The molecule has 8 rings (SSSR count). The number of aryl methyl sites for hydroxylation is 1. The van der Waals surface area contributed by atoms with Crippen LogP contribution in [0.5, 0.6) is 0 Å². The number of benzene rings is 6. The zero-order valence-electron chi connectivity index (χ0n) is 29.7. The number of nitrogens with zero attached hydrogens (tertiary/aromatic N) is 1. The van der Waals surface area contributed by atoms with E-state index in [0.29, 0.717) is 16.8 Å². The number of allylic oxidation sites excluding steroid dienone is 2. The molecule has 1 aliphatic heterocycles. The molecule has 0 aromatic heterocycles. The Morgan fingerprint density at radius 2 is 0.923 bits per heavy atom. The van der Waals surface area contributed by atoms with Crippen molar-refractivity contribution in [1.82, 2.24) is 0 Å². The Bertz CT molecular complexity index is 1950. The molecule has 0 radical (unpaired) electrons. The van der Waals surface area contributed by atoms with Gasteiger partial charge in [-0.3, -0.25) is 9.59 Å². The smallest absolute Gasteiger partial charge is 0.654 e. The maximum absolute atomic E-state index is 14.0. The number of ether oxygens (including phenoxy) is 1. The van der Waals surface area contributed by atoms with Crippen molar-refractivity contribution in [1.29, 1.82) is 0 Å². The summed E-state index contributed by atoms with van der Waals surface area (Å²) in [5.41, 5.74) is 9.14. The average molecular weight is 706 g/mol. The fourth-order valence-corrected chi connectivity index (χ4v) is 7.11. The van der Waals surface area contributed by atoms with E-state index in [9.17, 15) is 9.59 Å². The second kappa shape index (κ2) is 18.0. The predicted octanol–water partition coefficient (Wildman–Crippen LogP) is 8.12. The first-order chi connectivity index (χ1) is 25.1. The van der Waals surface area contributed by atoms with Gasteiger partial charge in [-0.2, -0.15) is 0 Å². The maximum atomic E-state index is 14.0. The van der Waals surface area contributed by atoms with Gasteiger partial charge in [-0.25, -0.2) is 0 Å². The second-order valence-corrected chi connectivity index (χ2v) is 13.0. The van der Waals surface area contributed by atoms with Crippen LogP contribution in [0.2, 0.25) is 0 Å². The molecule has 52 heavy (non-hydrogen) atoms. The first kappa shape index (κ1) is 37.6. The van der Waals surface area contributed by atoms with E-state index in [-0.39, 0.29) is 80.5 Å². The van der Waals surface area contributed by atoms with Crippen LogP contribution in [0.3, 0.4) is 0 Å². The second-order valence-electron chi connectivity index (χ2n) is 13.0. The van der Waals surface area contributed by atoms with Crippen molar-refractivity contribution >= 4 is 17.3 Å². The molecule has 5 heteroatoms. The minimum atomic E-state index is -0.250. The molecule has 1 saturated heterocycles. The Balaban J connectivity index is 0.000000714. The van der Waals surface area contributed by atoms with Crippen molar-refractivity contribution in [3.05, 3.63) is 225 Å². The van der Waals surface area contributed by atoms with Gasteiger partial charge in [0.25, 0.3) is 0 Å². The molecule has 0 saturated carbocycles. The summed E-state index contributed by atoms with van der Waals surface area (Å²) in [7, 11) is 0. The summed E-state index contributed by atoms with van der Waals surface area (Å²) in [4.78, 5) is 27.3. The van der Waals surface area contributed by atoms with Crippen LogP contribution in [0.1, 0.15) is 84.3 Å². The fourth-order valence-electron chi connectivity index (χ4n) is 7.11. The summed E-state index contributed by atoms with van der Waals surface area (Å²) in [6.07, 6.45) is 3.96. The van der Waals surface area contributed by atoms with Gasteiger partial charge in [0, 0.05) is 36.2 Å². The molecule has 1 heterocycles. The molecule has 6 aromatic rings. The van der Waals surface area contributed by atoms with Crippen molar-refractivity contribution in [3.8, 4) is 0 Å². The van der Waals surface area contributed by atoms with Crippen molar-refractivity contribution in [2.45, 2.75) is 31.6 Å². The standard InChI is InChI=1S/C43H33NO2.C4H8O.K/c1-29-26-36(40(30-16-6-2-7-17-30)31-18-8-3-9-19-31)42(44-38-28-39(45)34-24-14-15-25-35(34)43(38)46)37(27-29)41(32-20-10-4-11-21-32)33-22-12-5-13-23-33;1-2-4-5-3-1;/h2-28,40-41H,1H3,(H,44,45);1-4H2;/q;;+1/p-1. The third kappa shape index (κ3) is 8.53. The number of hydrogen-bond acceptors (Lipinski definition) is 3. The van der Waals surface area contributed by atoms with E-state index in [1.165, 1.54) is 18.9 Å². The van der Waals surface area contributed by atoms with E-state index in [1.807, 2.05) is 24.3 Å². The first-order valence-electron chi connectivity index (χ1n) is 17.6. The zero-order chi connectivity index (χ0) is 35.0. The quantitative estimate of drug-likeness (QED) is 0.119. The molecule has 6 aromatic carbocycles. The van der Waals surface area contributed by atoms with Gasteiger partial charge in [0.2, 0.25) is 0 Å². The first-order valence-corrected chi connectivity index (χ1v) is 17.6. The summed E-state index contributed by atoms with van der Waals surface area (Å²) in [5.74, 6) is -0.808. The van der Waals surface area contributed by atoms with Crippen LogP contribution >= 0.6 is 0 Å². The summed E-state index contributed by atoms with van der Waals surface area (Å²) in [5, 5.41) is 5.22. The van der Waals surface area contributed by atoms with E-state index >= 15 is 0 Å². The van der Waals surface area contributed by atoms with E-state index in [4.69, 9.17) is 10.1 Å². The minimum Gasteiger partial charge on any atom is -0.654 e. The molecule has 252 valence electrons. The Morgan fingerprint density at radius 3 is 1.31 bits per heavy atom. The van der Waals surface area contributed by atoms with Crippen molar-refractivity contribution in [2.24, 2.45) is 0 Å². The van der Waals surface area contributed by atoms with Crippen molar-refractivity contribution in [2.75, 3.05) is 13.2 Å². The van der Waals surface area contributed by atoms with E-state index < -0.39 is 0 Å². The predicted molar refractivity (Wildman–Crippen MR) is 205 cm³/mol. The van der Waals surface area contributed by atoms with Crippen molar-refractivity contribution in [3.63, 3.8) is 0 Å². The minimum absolute atomic E-state index is 0. The molecule has 1 fully saturated rings. The Hall–Kier alpha value is -4.20. The number of hydrogen-bond donors (Lipinski definition) is 0. The van der Waals surface area contributed by atoms with Gasteiger partial charge < -0.3 is 10.1 Å². The fraction of sp³-hybridized carbons (Fsp3) is 0.149. The van der Waals surface area contributed by atoms with Crippen LogP contribution < -0.4 is 51.4 Å². The normalized spacial score (nSPS) is 13.5. The van der Waals surface area contributed by atoms with E-state index in [0.717, 1.165) is 52.2 Å². The summed E-state index contributed by atoms with van der Waals surface area (Å²) < 4.78 is 4.94. The van der Waals surface area contributed by atoms with Crippen LogP contribution in [-0.2, 0) is 4.74 Å². The van der Waals surface area contributed by atoms with E-state index in [1.54, 1.807) is 24.3 Å². The summed E-state index contributed by atoms with van der Waals surface area (Å²) in [6.45, 7) is 4.11. The Kier molecular flexibility index (Phi) is 13.0. The molecular formula is C47H40KNO3. The summed E-state index contributed by atoms with van der Waals surface area (Å²) in [6, 6.07) is 53.0. The largest absolute Gasteiger partial charge is 1.00 e. The Labute approximate surface area is 349 Å². The Morgan fingerprint density at radius 1 is 0.538 bits per heavy atom. The number of carbonyl (C=O) groups excluding carboxylic acids is 2. The average Bonchev–Trinajstić information content (AvgIpc) is 3.78. The number of ketones is 2. The summed E-state index contributed by atoms with van der Waals surface area (Å²) >= 11 is 0. The molecule has 0 bridgehead atoms. The maximum Gasteiger partial charge on any atom is 1.00 e. The molecule has 0 atom stereocenters. The molecule has 1 aliphatic carbocycles. The topological polar surface area (TPSA) is 57.5 Å². The van der Waals surface area contributed by atoms with Crippen LogP contribution in [0, 0.1) is 6.92 Å². The van der Waals surface area contributed by atoms with Gasteiger partial charge in [0.15, 0.2) is 11.6 Å². The molecular weight excluding hydrogens is 666 g/mol. The third-order valence-electron chi connectivity index (χ3n) is 9.46. The van der Waals surface area contributed by atoms with Gasteiger partial charge in [-0.15, -0.1) is 5.69 Å². The molecule has 2 aliphatic rings. The van der Waals surface area contributed by atoms with Crippen LogP contribution in [0.25, 0.3) is 5.32 Å². The van der Waals surface area contributed by atoms with Crippen LogP contribution in [0.4, 0.5) is 5.69 Å². The van der Waals surface area contributed by atoms with Gasteiger partial charge in [0.1, 0.15) is 0 Å². The molecule has 0 spiro atoms. The monoisotopic (exact) mass is 705 g/mol. The van der Waals surface area contributed by atoms with Crippen LogP contribution in [-0.4, -0.2) is 24.8 Å². The molecule has 0 unspecified atom stereocenters. The SMILES string of the molecule is C1CCOC1.Cc1cc(C(c2ccccc2)c2ccccc2)c([N-]C2=CC(=O)c3ccccc3C2=O)c(C(c2ccccc2)c2ccccc2)c1.[K+]. The van der Waals surface area contributed by atoms with Crippen LogP contribution in [0.15, 0.2) is 169 Å². The number of rotatable bonds is 8. The van der Waals surface area contributed by atoms with Gasteiger partial charge in [-0.1, -0.05) is 180 Å². The van der Waals surface area contributed by atoms with E-state index in [2.05, 4.69) is 116 Å². The molecule has 4 nitrogen and oxygen atoms in total. The number of carbonyl (C=O) groups is 2. The molecule has 0 N–H and O–H groups in total. The van der Waals surface area contributed by atoms with Gasteiger partial charge in [-0.05, 0) is 48.1 Å². The number of fused-ring (bicyclic) bond motifs is 1.